The van der Waals surface area contributed by atoms with E-state index in [1.807, 2.05) is 6.92 Å². The highest BCUT2D eigenvalue weighted by molar-refractivity contribution is 5.15. The van der Waals surface area contributed by atoms with Crippen LogP contribution in [0.3, 0.4) is 0 Å². The molecule has 1 aliphatic rings. The SMILES string of the molecule is CCC(C)c1nc(C2CC[C@@H](C)NC2)oc1C. The smallest absolute Gasteiger partial charge is 0.199 e. The Bertz CT molecular complexity index is 364. The van der Waals surface area contributed by atoms with Crippen LogP contribution in [0, 0.1) is 6.92 Å². The van der Waals surface area contributed by atoms with Gasteiger partial charge in [0.15, 0.2) is 5.89 Å². The summed E-state index contributed by atoms with van der Waals surface area (Å²) in [7, 11) is 0. The van der Waals surface area contributed by atoms with Crippen molar-refractivity contribution in [1.82, 2.24) is 10.3 Å². The highest BCUT2D eigenvalue weighted by Crippen LogP contribution is 2.29. The first-order chi connectivity index (χ1) is 8.11. The largest absolute Gasteiger partial charge is 0.445 e. The van der Waals surface area contributed by atoms with Crippen molar-refractivity contribution in [2.24, 2.45) is 0 Å². The highest BCUT2D eigenvalue weighted by atomic mass is 16.4. The molecule has 0 saturated carbocycles. The number of nitrogens with one attached hydrogen (secondary N) is 1. The lowest BCUT2D eigenvalue weighted by Gasteiger charge is -2.25. The first kappa shape index (κ1) is 12.6. The van der Waals surface area contributed by atoms with Crippen molar-refractivity contribution in [1.29, 1.82) is 0 Å². The molecule has 96 valence electrons. The highest BCUT2D eigenvalue weighted by Gasteiger charge is 2.25. The van der Waals surface area contributed by atoms with Crippen LogP contribution in [-0.4, -0.2) is 17.6 Å². The molecule has 1 aliphatic heterocycles. The van der Waals surface area contributed by atoms with Crippen molar-refractivity contribution in [2.45, 2.75) is 64.8 Å². The quantitative estimate of drug-likeness (QED) is 0.874. The molecule has 2 unspecified atom stereocenters. The van der Waals surface area contributed by atoms with Gasteiger partial charge in [-0.15, -0.1) is 0 Å². The minimum Gasteiger partial charge on any atom is -0.445 e. The number of piperidine rings is 1. The Morgan fingerprint density at radius 1 is 1.47 bits per heavy atom. The van der Waals surface area contributed by atoms with E-state index < -0.39 is 0 Å². The average molecular weight is 236 g/mol. The zero-order valence-corrected chi connectivity index (χ0v) is 11.4. The van der Waals surface area contributed by atoms with Crippen molar-refractivity contribution >= 4 is 0 Å². The number of aryl methyl sites for hydroxylation is 1. The molecule has 0 spiro atoms. The van der Waals surface area contributed by atoms with E-state index in [9.17, 15) is 0 Å². The molecule has 2 heterocycles. The van der Waals surface area contributed by atoms with Gasteiger partial charge in [0.05, 0.1) is 5.69 Å². The number of nitrogens with zero attached hydrogens (tertiary/aromatic N) is 1. The number of rotatable bonds is 3. The molecule has 0 aliphatic carbocycles. The zero-order valence-electron chi connectivity index (χ0n) is 11.4. The van der Waals surface area contributed by atoms with Gasteiger partial charge >= 0.3 is 0 Å². The first-order valence-corrected chi connectivity index (χ1v) is 6.82. The normalized spacial score (nSPS) is 27.1. The summed E-state index contributed by atoms with van der Waals surface area (Å²) < 4.78 is 5.86. The van der Waals surface area contributed by atoms with E-state index in [1.165, 1.54) is 12.8 Å². The molecule has 0 radical (unpaired) electrons. The Hall–Kier alpha value is -0.830. The van der Waals surface area contributed by atoms with Crippen LogP contribution >= 0.6 is 0 Å². The lowest BCUT2D eigenvalue weighted by molar-refractivity contribution is 0.331. The zero-order chi connectivity index (χ0) is 12.4. The Balaban J connectivity index is 2.11. The summed E-state index contributed by atoms with van der Waals surface area (Å²) in [5, 5.41) is 3.50. The number of oxazole rings is 1. The van der Waals surface area contributed by atoms with Crippen LogP contribution < -0.4 is 5.32 Å². The Morgan fingerprint density at radius 2 is 2.24 bits per heavy atom. The molecule has 17 heavy (non-hydrogen) atoms. The van der Waals surface area contributed by atoms with Gasteiger partial charge in [-0.1, -0.05) is 13.8 Å². The van der Waals surface area contributed by atoms with Crippen LogP contribution in [0.4, 0.5) is 0 Å². The summed E-state index contributed by atoms with van der Waals surface area (Å²) >= 11 is 0. The number of aromatic nitrogens is 1. The molecule has 1 fully saturated rings. The van der Waals surface area contributed by atoms with Crippen LogP contribution in [0.5, 0.6) is 0 Å². The van der Waals surface area contributed by atoms with Gasteiger partial charge in [-0.3, -0.25) is 0 Å². The standard InChI is InChI=1S/C14H24N2O/c1-5-9(2)13-11(4)17-14(16-13)12-7-6-10(3)15-8-12/h9-10,12,15H,5-8H2,1-4H3/t9?,10-,12?/m1/s1. The summed E-state index contributed by atoms with van der Waals surface area (Å²) in [5.41, 5.74) is 1.15. The maximum atomic E-state index is 5.86. The van der Waals surface area contributed by atoms with Crippen molar-refractivity contribution < 1.29 is 4.42 Å². The predicted octanol–water partition coefficient (Wildman–Crippen LogP) is 3.35. The average Bonchev–Trinajstić information content (AvgIpc) is 2.71. The van der Waals surface area contributed by atoms with E-state index in [-0.39, 0.29) is 0 Å². The van der Waals surface area contributed by atoms with Gasteiger partial charge in [-0.05, 0) is 33.1 Å². The van der Waals surface area contributed by atoms with Gasteiger partial charge in [-0.2, -0.15) is 0 Å². The lowest BCUT2D eigenvalue weighted by Crippen LogP contribution is -2.35. The Kier molecular flexibility index (Phi) is 3.87. The molecular weight excluding hydrogens is 212 g/mol. The fraction of sp³-hybridized carbons (Fsp3) is 0.786. The van der Waals surface area contributed by atoms with Crippen LogP contribution in [0.1, 0.15) is 69.2 Å². The maximum absolute atomic E-state index is 5.86. The molecule has 0 bridgehead atoms. The topological polar surface area (TPSA) is 38.1 Å². The molecule has 3 nitrogen and oxygen atoms in total. The van der Waals surface area contributed by atoms with Crippen LogP contribution in [-0.2, 0) is 0 Å². The maximum Gasteiger partial charge on any atom is 0.199 e. The molecule has 1 saturated heterocycles. The van der Waals surface area contributed by atoms with E-state index in [2.05, 4.69) is 26.1 Å². The van der Waals surface area contributed by atoms with E-state index in [0.717, 1.165) is 30.3 Å². The summed E-state index contributed by atoms with van der Waals surface area (Å²) in [6, 6.07) is 0.636. The van der Waals surface area contributed by atoms with E-state index >= 15 is 0 Å². The number of hydrogen-bond acceptors (Lipinski definition) is 3. The molecule has 0 amide bonds. The molecule has 1 aromatic rings. The van der Waals surface area contributed by atoms with Crippen molar-refractivity contribution in [3.05, 3.63) is 17.3 Å². The van der Waals surface area contributed by atoms with E-state index in [4.69, 9.17) is 9.40 Å². The van der Waals surface area contributed by atoms with Gasteiger partial charge in [0.1, 0.15) is 5.76 Å². The first-order valence-electron chi connectivity index (χ1n) is 6.82. The molecular formula is C14H24N2O. The monoisotopic (exact) mass is 236 g/mol. The number of hydrogen-bond donors (Lipinski definition) is 1. The van der Waals surface area contributed by atoms with Gasteiger partial charge in [-0.25, -0.2) is 4.98 Å². The van der Waals surface area contributed by atoms with Crippen molar-refractivity contribution in [3.63, 3.8) is 0 Å². The van der Waals surface area contributed by atoms with Gasteiger partial charge in [0.2, 0.25) is 0 Å². The summed E-state index contributed by atoms with van der Waals surface area (Å²) in [6.45, 7) is 9.69. The fourth-order valence-corrected chi connectivity index (χ4v) is 2.46. The van der Waals surface area contributed by atoms with Crippen LogP contribution in [0.2, 0.25) is 0 Å². The summed E-state index contributed by atoms with van der Waals surface area (Å²) in [6.07, 6.45) is 3.52. The fourth-order valence-electron chi connectivity index (χ4n) is 2.46. The second-order valence-corrected chi connectivity index (χ2v) is 5.39. The minimum atomic E-state index is 0.461. The van der Waals surface area contributed by atoms with Crippen LogP contribution in [0.15, 0.2) is 4.42 Å². The second-order valence-electron chi connectivity index (χ2n) is 5.39. The third-order valence-corrected chi connectivity index (χ3v) is 3.94. The third kappa shape index (κ3) is 2.71. The third-order valence-electron chi connectivity index (χ3n) is 3.94. The minimum absolute atomic E-state index is 0.461. The Morgan fingerprint density at radius 3 is 2.82 bits per heavy atom. The van der Waals surface area contributed by atoms with Crippen molar-refractivity contribution in [3.8, 4) is 0 Å². The van der Waals surface area contributed by atoms with Crippen molar-refractivity contribution in [2.75, 3.05) is 6.54 Å². The van der Waals surface area contributed by atoms with Crippen LogP contribution in [0.25, 0.3) is 0 Å². The van der Waals surface area contributed by atoms with E-state index in [1.54, 1.807) is 0 Å². The predicted molar refractivity (Wildman–Crippen MR) is 69.4 cm³/mol. The van der Waals surface area contributed by atoms with Gasteiger partial charge in [0, 0.05) is 24.4 Å². The molecule has 0 aromatic carbocycles. The Labute approximate surface area is 104 Å². The summed E-state index contributed by atoms with van der Waals surface area (Å²) in [5.74, 6) is 2.91. The second kappa shape index (κ2) is 5.21. The van der Waals surface area contributed by atoms with E-state index in [0.29, 0.717) is 17.9 Å². The molecule has 2 rings (SSSR count). The molecule has 1 aromatic heterocycles. The molecule has 3 atom stereocenters. The van der Waals surface area contributed by atoms with Gasteiger partial charge in [0.25, 0.3) is 0 Å². The van der Waals surface area contributed by atoms with Gasteiger partial charge < -0.3 is 9.73 Å². The molecule has 3 heteroatoms. The molecule has 1 N–H and O–H groups in total. The summed E-state index contributed by atoms with van der Waals surface area (Å²) in [4.78, 5) is 4.72. The lowest BCUT2D eigenvalue weighted by atomic mass is 9.95.